The van der Waals surface area contributed by atoms with Crippen LogP contribution in [0.15, 0.2) is 36.7 Å². The summed E-state index contributed by atoms with van der Waals surface area (Å²) in [6.45, 7) is 6.26. The summed E-state index contributed by atoms with van der Waals surface area (Å²) in [6.07, 6.45) is 1.54. The molecule has 0 aliphatic rings. The number of aromatic nitrogens is 3. The second-order valence-electron chi connectivity index (χ2n) is 5.79. The molecule has 5 heteroatoms. The highest BCUT2D eigenvalue weighted by Crippen LogP contribution is 2.31. The van der Waals surface area contributed by atoms with Gasteiger partial charge in [0.05, 0.1) is 6.10 Å². The minimum Gasteiger partial charge on any atom is -0.392 e. The van der Waals surface area contributed by atoms with Crippen molar-refractivity contribution < 1.29 is 5.11 Å². The number of nitrogens with zero attached hydrogens (tertiary/aromatic N) is 3. The molecule has 0 bridgehead atoms. The molecule has 0 saturated heterocycles. The van der Waals surface area contributed by atoms with E-state index in [1.165, 1.54) is 0 Å². The third kappa shape index (κ3) is 2.99. The molecule has 2 atom stereocenters. The van der Waals surface area contributed by atoms with Crippen LogP contribution in [0.5, 0.6) is 0 Å². The lowest BCUT2D eigenvalue weighted by Gasteiger charge is -2.36. The average Bonchev–Trinajstić information content (AvgIpc) is 2.93. The van der Waals surface area contributed by atoms with Gasteiger partial charge in [-0.3, -0.25) is 0 Å². The van der Waals surface area contributed by atoms with E-state index in [2.05, 4.69) is 23.9 Å². The van der Waals surface area contributed by atoms with E-state index in [4.69, 9.17) is 5.73 Å². The van der Waals surface area contributed by atoms with E-state index in [1.807, 2.05) is 35.0 Å². The van der Waals surface area contributed by atoms with Crippen LogP contribution in [0.25, 0.3) is 0 Å². The van der Waals surface area contributed by atoms with Gasteiger partial charge in [0.25, 0.3) is 0 Å². The van der Waals surface area contributed by atoms with Crippen molar-refractivity contribution in [3.05, 3.63) is 48.0 Å². The number of benzene rings is 1. The molecule has 0 saturated carbocycles. The van der Waals surface area contributed by atoms with Crippen LogP contribution in [-0.4, -0.2) is 32.5 Å². The molecule has 0 aliphatic heterocycles. The Labute approximate surface area is 125 Å². The molecule has 0 fully saturated rings. The van der Waals surface area contributed by atoms with Gasteiger partial charge in [-0.25, -0.2) is 9.67 Å². The topological polar surface area (TPSA) is 77.0 Å². The summed E-state index contributed by atoms with van der Waals surface area (Å²) >= 11 is 0. The molecule has 1 aromatic carbocycles. The lowest BCUT2D eigenvalue weighted by molar-refractivity contribution is 0.0977. The van der Waals surface area contributed by atoms with Crippen molar-refractivity contribution in [1.82, 2.24) is 14.8 Å². The van der Waals surface area contributed by atoms with Crippen molar-refractivity contribution in [3.63, 3.8) is 0 Å². The van der Waals surface area contributed by atoms with Crippen LogP contribution in [0.4, 0.5) is 0 Å². The highest BCUT2D eigenvalue weighted by atomic mass is 16.3. The lowest BCUT2D eigenvalue weighted by atomic mass is 9.73. The van der Waals surface area contributed by atoms with Crippen molar-refractivity contribution in [2.24, 2.45) is 5.73 Å². The van der Waals surface area contributed by atoms with Crippen LogP contribution in [0.2, 0.25) is 0 Å². The number of hydrogen-bond acceptors (Lipinski definition) is 4. The summed E-state index contributed by atoms with van der Waals surface area (Å²) in [4.78, 5) is 4.36. The molecule has 0 radical (unpaired) electrons. The van der Waals surface area contributed by atoms with Crippen molar-refractivity contribution in [2.75, 3.05) is 6.54 Å². The summed E-state index contributed by atoms with van der Waals surface area (Å²) in [5.74, 6) is 0.847. The van der Waals surface area contributed by atoms with Gasteiger partial charge in [-0.15, -0.1) is 0 Å². The van der Waals surface area contributed by atoms with Gasteiger partial charge in [0.1, 0.15) is 12.2 Å². The molecular formula is C16H24N4O. The van der Waals surface area contributed by atoms with Crippen LogP contribution < -0.4 is 5.73 Å². The second-order valence-corrected chi connectivity index (χ2v) is 5.79. The highest BCUT2D eigenvalue weighted by Gasteiger charge is 2.37. The largest absolute Gasteiger partial charge is 0.392 e. The molecule has 1 aromatic heterocycles. The van der Waals surface area contributed by atoms with Gasteiger partial charge in [0.15, 0.2) is 0 Å². The molecule has 2 aromatic rings. The Hall–Kier alpha value is -1.72. The molecule has 2 unspecified atom stereocenters. The van der Waals surface area contributed by atoms with E-state index in [0.717, 1.165) is 11.4 Å². The van der Waals surface area contributed by atoms with E-state index in [0.29, 0.717) is 13.0 Å². The Morgan fingerprint density at radius 1 is 1.24 bits per heavy atom. The zero-order valence-corrected chi connectivity index (χ0v) is 12.9. The predicted molar refractivity (Wildman–Crippen MR) is 83.0 cm³/mol. The molecule has 21 heavy (non-hydrogen) atoms. The third-order valence-electron chi connectivity index (χ3n) is 4.12. The molecular weight excluding hydrogens is 264 g/mol. The summed E-state index contributed by atoms with van der Waals surface area (Å²) in [5, 5.41) is 14.7. The summed E-state index contributed by atoms with van der Waals surface area (Å²) in [5.41, 5.74) is 6.54. The monoisotopic (exact) mass is 288 g/mol. The van der Waals surface area contributed by atoms with E-state index < -0.39 is 11.5 Å². The summed E-state index contributed by atoms with van der Waals surface area (Å²) in [7, 11) is 0. The van der Waals surface area contributed by atoms with Crippen molar-refractivity contribution in [3.8, 4) is 0 Å². The summed E-state index contributed by atoms with van der Waals surface area (Å²) in [6, 6.07) is 10.1. The number of nitrogens with two attached hydrogens (primary N) is 1. The Morgan fingerprint density at radius 3 is 2.43 bits per heavy atom. The van der Waals surface area contributed by atoms with E-state index in [9.17, 15) is 5.11 Å². The second kappa shape index (κ2) is 6.37. The molecule has 5 nitrogen and oxygen atoms in total. The summed E-state index contributed by atoms with van der Waals surface area (Å²) < 4.78 is 1.88. The minimum atomic E-state index is -0.581. The number of hydrogen-bond donors (Lipinski definition) is 2. The molecule has 114 valence electrons. The fourth-order valence-electron chi connectivity index (χ4n) is 2.74. The average molecular weight is 288 g/mol. The first-order chi connectivity index (χ1) is 10.0. The maximum Gasteiger partial charge on any atom is 0.138 e. The fourth-order valence-corrected chi connectivity index (χ4v) is 2.74. The van der Waals surface area contributed by atoms with E-state index >= 15 is 0 Å². The Morgan fingerprint density at radius 2 is 1.90 bits per heavy atom. The van der Waals surface area contributed by atoms with Crippen LogP contribution in [0.3, 0.4) is 0 Å². The minimum absolute atomic E-state index is 0.225. The van der Waals surface area contributed by atoms with Gasteiger partial charge < -0.3 is 10.8 Å². The zero-order valence-electron chi connectivity index (χ0n) is 12.9. The first kappa shape index (κ1) is 15.7. The van der Waals surface area contributed by atoms with Crippen molar-refractivity contribution >= 4 is 0 Å². The standard InChI is InChI=1S/C16H24N4O/c1-12(2)20-15(18-11-19-20)9-16(10-17,13(3)21)14-7-5-4-6-8-14/h4-8,11-13,21H,9-10,17H2,1-3H3. The highest BCUT2D eigenvalue weighted by molar-refractivity contribution is 5.29. The molecule has 2 rings (SSSR count). The molecule has 0 amide bonds. The van der Waals surface area contributed by atoms with Gasteiger partial charge in [-0.05, 0) is 26.3 Å². The Kier molecular flexibility index (Phi) is 4.75. The smallest absolute Gasteiger partial charge is 0.138 e. The van der Waals surface area contributed by atoms with Gasteiger partial charge >= 0.3 is 0 Å². The van der Waals surface area contributed by atoms with Gasteiger partial charge in [-0.1, -0.05) is 30.3 Å². The predicted octanol–water partition coefficient (Wildman–Crippen LogP) is 1.68. The number of aliphatic hydroxyl groups is 1. The molecule has 3 N–H and O–H groups in total. The molecule has 0 spiro atoms. The van der Waals surface area contributed by atoms with Crippen molar-refractivity contribution in [1.29, 1.82) is 0 Å². The number of aliphatic hydroxyl groups excluding tert-OH is 1. The maximum atomic E-state index is 10.4. The quantitative estimate of drug-likeness (QED) is 0.848. The number of rotatable bonds is 6. The first-order valence-electron chi connectivity index (χ1n) is 7.33. The molecule has 0 aliphatic carbocycles. The van der Waals surface area contributed by atoms with Crippen molar-refractivity contribution in [2.45, 2.75) is 44.8 Å². The lowest BCUT2D eigenvalue weighted by Crippen LogP contribution is -2.47. The SMILES string of the molecule is CC(C)n1ncnc1CC(CN)(c1ccccc1)C(C)O. The zero-order chi connectivity index (χ0) is 15.5. The van der Waals surface area contributed by atoms with E-state index in [-0.39, 0.29) is 6.04 Å². The van der Waals surface area contributed by atoms with Crippen LogP contribution in [0, 0.1) is 0 Å². The first-order valence-corrected chi connectivity index (χ1v) is 7.33. The Balaban J connectivity index is 2.44. The van der Waals surface area contributed by atoms with Gasteiger partial charge in [0, 0.05) is 24.4 Å². The normalized spacial score (nSPS) is 15.9. The van der Waals surface area contributed by atoms with Crippen LogP contribution in [0.1, 0.15) is 38.2 Å². The third-order valence-corrected chi connectivity index (χ3v) is 4.12. The molecule has 1 heterocycles. The Bertz CT molecular complexity index is 565. The fraction of sp³-hybridized carbons (Fsp3) is 0.500. The van der Waals surface area contributed by atoms with E-state index in [1.54, 1.807) is 13.3 Å². The van der Waals surface area contributed by atoms with Crippen LogP contribution in [-0.2, 0) is 11.8 Å². The van der Waals surface area contributed by atoms with Gasteiger partial charge in [0.2, 0.25) is 0 Å². The maximum absolute atomic E-state index is 10.4. The van der Waals surface area contributed by atoms with Crippen LogP contribution >= 0.6 is 0 Å². The van der Waals surface area contributed by atoms with Gasteiger partial charge in [-0.2, -0.15) is 5.10 Å².